The normalized spacial score (nSPS) is 11.0. The average molecular weight is 347 g/mol. The number of nitrogens with two attached hydrogens (primary N) is 1. The molecule has 2 aromatic heterocycles. The zero-order valence-electron chi connectivity index (χ0n) is 13.3. The Labute approximate surface area is 142 Å². The van der Waals surface area contributed by atoms with Crippen molar-refractivity contribution in [3.8, 4) is 5.69 Å². The zero-order valence-corrected chi connectivity index (χ0v) is 14.1. The number of benzene rings is 1. The number of aryl methyl sites for hydroxylation is 1. The summed E-state index contributed by atoms with van der Waals surface area (Å²) >= 11 is 5.90. The van der Waals surface area contributed by atoms with E-state index in [9.17, 15) is 9.59 Å². The van der Waals surface area contributed by atoms with E-state index >= 15 is 0 Å². The topological polar surface area (TPSA) is 92.1 Å². The number of esters is 1. The van der Waals surface area contributed by atoms with Gasteiger partial charge < -0.3 is 10.6 Å². The van der Waals surface area contributed by atoms with Crippen molar-refractivity contribution in [2.75, 3.05) is 13.0 Å². The van der Waals surface area contributed by atoms with Gasteiger partial charge in [0.15, 0.2) is 5.65 Å². The van der Waals surface area contributed by atoms with Gasteiger partial charge in [-0.3, -0.25) is 9.36 Å². The highest BCUT2D eigenvalue weighted by Crippen LogP contribution is 2.22. The molecule has 3 aromatic rings. The van der Waals surface area contributed by atoms with Crippen LogP contribution in [-0.4, -0.2) is 27.3 Å². The maximum Gasteiger partial charge on any atom is 0.340 e. The van der Waals surface area contributed by atoms with Crippen LogP contribution in [0, 0.1) is 13.8 Å². The standard InChI is InChI=1S/C16H15ClN4O3/c1-8-12(16(23)24-3)13-14(21(8)18)19-9(2)20(15(13)22)11-6-4-10(17)5-7-11/h4-7H,18H2,1-3H3. The fourth-order valence-electron chi connectivity index (χ4n) is 2.71. The van der Waals surface area contributed by atoms with E-state index < -0.39 is 11.5 Å². The van der Waals surface area contributed by atoms with Crippen molar-refractivity contribution < 1.29 is 9.53 Å². The molecule has 0 radical (unpaired) electrons. The lowest BCUT2D eigenvalue weighted by atomic mass is 10.2. The number of ether oxygens (including phenoxy) is 1. The first-order valence-electron chi connectivity index (χ1n) is 7.10. The van der Waals surface area contributed by atoms with Crippen molar-refractivity contribution in [1.82, 2.24) is 14.2 Å². The molecule has 0 atom stereocenters. The van der Waals surface area contributed by atoms with E-state index in [2.05, 4.69) is 4.98 Å². The van der Waals surface area contributed by atoms with Gasteiger partial charge in [0.1, 0.15) is 11.2 Å². The van der Waals surface area contributed by atoms with Crippen LogP contribution < -0.4 is 11.4 Å². The summed E-state index contributed by atoms with van der Waals surface area (Å²) in [5.74, 6) is 5.77. The van der Waals surface area contributed by atoms with Crippen LogP contribution in [0.4, 0.5) is 0 Å². The number of nitrogen functional groups attached to an aromatic ring is 1. The molecule has 0 saturated carbocycles. The molecule has 2 N–H and O–H groups in total. The van der Waals surface area contributed by atoms with Gasteiger partial charge in [-0.05, 0) is 38.1 Å². The van der Waals surface area contributed by atoms with Crippen molar-refractivity contribution in [2.45, 2.75) is 13.8 Å². The van der Waals surface area contributed by atoms with Crippen molar-refractivity contribution in [3.05, 3.63) is 56.7 Å². The van der Waals surface area contributed by atoms with E-state index in [1.807, 2.05) is 0 Å². The third-order valence-electron chi connectivity index (χ3n) is 3.91. The van der Waals surface area contributed by atoms with Crippen LogP contribution in [-0.2, 0) is 4.74 Å². The molecule has 3 rings (SSSR count). The molecule has 0 unspecified atom stereocenters. The maximum atomic E-state index is 13.1. The third kappa shape index (κ3) is 2.25. The predicted molar refractivity (Wildman–Crippen MR) is 91.3 cm³/mol. The van der Waals surface area contributed by atoms with Crippen LogP contribution >= 0.6 is 11.6 Å². The molecule has 24 heavy (non-hydrogen) atoms. The van der Waals surface area contributed by atoms with Crippen LogP contribution in [0.2, 0.25) is 5.02 Å². The van der Waals surface area contributed by atoms with Gasteiger partial charge in [0.25, 0.3) is 5.56 Å². The second-order valence-corrected chi connectivity index (χ2v) is 5.73. The molecule has 0 fully saturated rings. The first-order valence-corrected chi connectivity index (χ1v) is 7.48. The van der Waals surface area contributed by atoms with Crippen LogP contribution in [0.5, 0.6) is 0 Å². The summed E-state index contributed by atoms with van der Waals surface area (Å²) in [5, 5.41) is 0.681. The molecule has 124 valence electrons. The fraction of sp³-hybridized carbons (Fsp3) is 0.188. The highest BCUT2D eigenvalue weighted by atomic mass is 35.5. The average Bonchev–Trinajstić information content (AvgIpc) is 2.81. The third-order valence-corrected chi connectivity index (χ3v) is 4.16. The number of hydrogen-bond donors (Lipinski definition) is 1. The largest absolute Gasteiger partial charge is 0.465 e. The van der Waals surface area contributed by atoms with Crippen molar-refractivity contribution in [1.29, 1.82) is 0 Å². The lowest BCUT2D eigenvalue weighted by Gasteiger charge is -2.10. The van der Waals surface area contributed by atoms with E-state index in [0.29, 0.717) is 22.2 Å². The Morgan fingerprint density at radius 3 is 2.46 bits per heavy atom. The SMILES string of the molecule is COC(=O)c1c(C)n(N)c2nc(C)n(-c3ccc(Cl)cc3)c(=O)c12. The minimum absolute atomic E-state index is 0.121. The summed E-state index contributed by atoms with van der Waals surface area (Å²) in [4.78, 5) is 29.6. The zero-order chi connectivity index (χ0) is 17.6. The molecule has 0 amide bonds. The number of halogens is 1. The molecule has 0 bridgehead atoms. The summed E-state index contributed by atoms with van der Waals surface area (Å²) in [7, 11) is 1.25. The first-order chi connectivity index (χ1) is 11.4. The second-order valence-electron chi connectivity index (χ2n) is 5.30. The smallest absolute Gasteiger partial charge is 0.340 e. The molecular formula is C16H15ClN4O3. The number of hydrogen-bond acceptors (Lipinski definition) is 5. The fourth-order valence-corrected chi connectivity index (χ4v) is 2.84. The maximum absolute atomic E-state index is 13.1. The Morgan fingerprint density at radius 1 is 1.25 bits per heavy atom. The van der Waals surface area contributed by atoms with Gasteiger partial charge in [0.05, 0.1) is 24.1 Å². The number of rotatable bonds is 2. The molecule has 1 aromatic carbocycles. The van der Waals surface area contributed by atoms with Gasteiger partial charge in [0.2, 0.25) is 0 Å². The second kappa shape index (κ2) is 5.68. The number of methoxy groups -OCH3 is 1. The number of carbonyl (C=O) groups excluding carboxylic acids is 1. The minimum atomic E-state index is -0.632. The lowest BCUT2D eigenvalue weighted by Crippen LogP contribution is -2.24. The number of nitrogens with zero attached hydrogens (tertiary/aromatic N) is 3. The van der Waals surface area contributed by atoms with Crippen molar-refractivity contribution in [2.24, 2.45) is 0 Å². The first kappa shape index (κ1) is 16.1. The van der Waals surface area contributed by atoms with E-state index in [-0.39, 0.29) is 16.6 Å². The molecule has 0 spiro atoms. The summed E-state index contributed by atoms with van der Waals surface area (Å²) in [6, 6.07) is 6.75. The molecule has 8 heteroatoms. The summed E-state index contributed by atoms with van der Waals surface area (Å²) in [6.07, 6.45) is 0. The van der Waals surface area contributed by atoms with Crippen LogP contribution in [0.15, 0.2) is 29.1 Å². The molecule has 0 aliphatic heterocycles. The predicted octanol–water partition coefficient (Wildman–Crippen LogP) is 1.96. The Morgan fingerprint density at radius 2 is 1.88 bits per heavy atom. The van der Waals surface area contributed by atoms with Gasteiger partial charge in [-0.2, -0.15) is 0 Å². The van der Waals surface area contributed by atoms with Crippen LogP contribution in [0.25, 0.3) is 16.7 Å². The van der Waals surface area contributed by atoms with Gasteiger partial charge in [-0.15, -0.1) is 0 Å². The van der Waals surface area contributed by atoms with Gasteiger partial charge >= 0.3 is 5.97 Å². The number of fused-ring (bicyclic) bond motifs is 1. The van der Waals surface area contributed by atoms with Gasteiger partial charge in [0, 0.05) is 5.02 Å². The van der Waals surface area contributed by atoms with Crippen molar-refractivity contribution >= 4 is 28.6 Å². The molecule has 2 heterocycles. The number of carbonyl (C=O) groups is 1. The molecule has 0 aliphatic rings. The lowest BCUT2D eigenvalue weighted by molar-refractivity contribution is 0.0602. The van der Waals surface area contributed by atoms with E-state index in [1.165, 1.54) is 16.4 Å². The van der Waals surface area contributed by atoms with Crippen molar-refractivity contribution in [3.63, 3.8) is 0 Å². The van der Waals surface area contributed by atoms with E-state index in [0.717, 1.165) is 0 Å². The Hall–Kier alpha value is -2.80. The Balaban J connectivity index is 2.44. The highest BCUT2D eigenvalue weighted by Gasteiger charge is 2.25. The number of aromatic nitrogens is 3. The molecule has 0 aliphatic carbocycles. The highest BCUT2D eigenvalue weighted by molar-refractivity contribution is 6.30. The Bertz CT molecular complexity index is 1020. The van der Waals surface area contributed by atoms with E-state index in [4.69, 9.17) is 22.2 Å². The van der Waals surface area contributed by atoms with Gasteiger partial charge in [-0.25, -0.2) is 14.5 Å². The molecule has 0 saturated heterocycles. The van der Waals surface area contributed by atoms with Crippen LogP contribution in [0.3, 0.4) is 0 Å². The van der Waals surface area contributed by atoms with Crippen LogP contribution in [0.1, 0.15) is 21.9 Å². The summed E-state index contributed by atoms with van der Waals surface area (Å²) < 4.78 is 7.42. The quantitative estimate of drug-likeness (QED) is 0.565. The van der Waals surface area contributed by atoms with Gasteiger partial charge in [-0.1, -0.05) is 11.6 Å². The van der Waals surface area contributed by atoms with E-state index in [1.54, 1.807) is 38.1 Å². The monoisotopic (exact) mass is 346 g/mol. The minimum Gasteiger partial charge on any atom is -0.465 e. The molecular weight excluding hydrogens is 332 g/mol. The molecule has 7 nitrogen and oxygen atoms in total. The Kier molecular flexibility index (Phi) is 3.81. The summed E-state index contributed by atoms with van der Waals surface area (Å²) in [6.45, 7) is 3.32. The summed E-state index contributed by atoms with van der Waals surface area (Å²) in [5.41, 5.74) is 0.965.